The molecule has 3 nitrogen and oxygen atoms in total. The molecule has 17 heavy (non-hydrogen) atoms. The first-order valence-corrected chi connectivity index (χ1v) is 7.16. The Hall–Kier alpha value is -0.120. The van der Waals surface area contributed by atoms with Gasteiger partial charge in [0.2, 0.25) is 0 Å². The van der Waals surface area contributed by atoms with E-state index >= 15 is 0 Å². The predicted molar refractivity (Wildman–Crippen MR) is 71.3 cm³/mol. The second-order valence-corrected chi connectivity index (χ2v) is 7.23. The molecular weight excluding hydrogens is 210 g/mol. The van der Waals surface area contributed by atoms with Crippen molar-refractivity contribution >= 4 is 0 Å². The summed E-state index contributed by atoms with van der Waals surface area (Å²) >= 11 is 0. The Morgan fingerprint density at radius 1 is 0.824 bits per heavy atom. The van der Waals surface area contributed by atoms with Crippen LogP contribution in [-0.4, -0.2) is 71.6 Å². The van der Waals surface area contributed by atoms with Gasteiger partial charge in [-0.05, 0) is 40.7 Å². The van der Waals surface area contributed by atoms with Crippen molar-refractivity contribution in [3.05, 3.63) is 0 Å². The maximum atomic E-state index is 2.77. The molecule has 3 heteroatoms. The predicted octanol–water partition coefficient (Wildman–Crippen LogP) is 1.25. The first-order valence-electron chi connectivity index (χ1n) is 7.16. The van der Waals surface area contributed by atoms with E-state index in [0.717, 1.165) is 18.1 Å². The molecule has 0 spiro atoms. The number of piperazine rings is 1. The molecule has 2 bridgehead atoms. The lowest BCUT2D eigenvalue weighted by Crippen LogP contribution is -2.68. The van der Waals surface area contributed by atoms with Crippen LogP contribution in [0.1, 0.15) is 33.6 Å². The zero-order valence-electron chi connectivity index (χ0n) is 11.8. The SMILES string of the molecule is CN1C2CCC1CN(C1CN(C(C)(C)C)C1)C2. The van der Waals surface area contributed by atoms with Crippen LogP contribution in [0.3, 0.4) is 0 Å². The number of likely N-dealkylation sites (N-methyl/N-ethyl adjacent to an activating group) is 1. The Bertz CT molecular complexity index is 276. The van der Waals surface area contributed by atoms with E-state index in [0.29, 0.717) is 5.54 Å². The quantitative estimate of drug-likeness (QED) is 0.679. The minimum absolute atomic E-state index is 0.363. The molecule has 0 aliphatic carbocycles. The number of hydrogen-bond acceptors (Lipinski definition) is 3. The standard InChI is InChI=1S/C14H27N3/c1-14(2,3)17-9-13(10-17)16-7-11-5-6-12(8-16)15(11)4/h11-13H,5-10H2,1-4H3. The summed E-state index contributed by atoms with van der Waals surface area (Å²) in [5, 5.41) is 0. The van der Waals surface area contributed by atoms with Gasteiger partial charge in [0, 0.05) is 49.8 Å². The average Bonchev–Trinajstić information content (AvgIpc) is 2.40. The molecule has 3 heterocycles. The molecular formula is C14H27N3. The fourth-order valence-electron chi connectivity index (χ4n) is 3.68. The topological polar surface area (TPSA) is 9.72 Å². The minimum Gasteiger partial charge on any atom is -0.298 e. The number of hydrogen-bond donors (Lipinski definition) is 0. The highest BCUT2D eigenvalue weighted by molar-refractivity contribution is 5.01. The van der Waals surface area contributed by atoms with Crippen LogP contribution < -0.4 is 0 Å². The Morgan fingerprint density at radius 3 is 1.82 bits per heavy atom. The van der Waals surface area contributed by atoms with Gasteiger partial charge >= 0.3 is 0 Å². The van der Waals surface area contributed by atoms with Crippen LogP contribution in [0.2, 0.25) is 0 Å². The summed E-state index contributed by atoms with van der Waals surface area (Å²) in [5.41, 5.74) is 0.363. The van der Waals surface area contributed by atoms with Crippen molar-refractivity contribution in [2.75, 3.05) is 33.2 Å². The second-order valence-electron chi connectivity index (χ2n) is 7.23. The third-order valence-corrected chi connectivity index (χ3v) is 5.20. The van der Waals surface area contributed by atoms with Gasteiger partial charge in [0.15, 0.2) is 0 Å². The molecule has 0 N–H and O–H groups in total. The Balaban J connectivity index is 1.55. The maximum absolute atomic E-state index is 2.77. The van der Waals surface area contributed by atoms with Crippen LogP contribution >= 0.6 is 0 Å². The van der Waals surface area contributed by atoms with E-state index in [-0.39, 0.29) is 0 Å². The summed E-state index contributed by atoms with van der Waals surface area (Å²) in [5.74, 6) is 0. The van der Waals surface area contributed by atoms with E-state index in [1.807, 2.05) is 0 Å². The molecule has 0 aromatic rings. The second kappa shape index (κ2) is 3.94. The average molecular weight is 237 g/mol. The van der Waals surface area contributed by atoms with E-state index in [9.17, 15) is 0 Å². The monoisotopic (exact) mass is 237 g/mol. The number of likely N-dealkylation sites (tertiary alicyclic amines) is 2. The van der Waals surface area contributed by atoms with Crippen LogP contribution in [0.5, 0.6) is 0 Å². The van der Waals surface area contributed by atoms with E-state index in [2.05, 4.69) is 42.5 Å². The van der Waals surface area contributed by atoms with Crippen molar-refractivity contribution in [3.63, 3.8) is 0 Å². The zero-order chi connectivity index (χ0) is 12.2. The fourth-order valence-corrected chi connectivity index (χ4v) is 3.68. The summed E-state index contributed by atoms with van der Waals surface area (Å²) < 4.78 is 0. The lowest BCUT2D eigenvalue weighted by molar-refractivity contribution is -0.0487. The molecule has 3 aliphatic rings. The summed E-state index contributed by atoms with van der Waals surface area (Å²) in [6.07, 6.45) is 2.85. The van der Waals surface area contributed by atoms with E-state index in [1.165, 1.54) is 39.0 Å². The van der Waals surface area contributed by atoms with Crippen LogP contribution in [0.15, 0.2) is 0 Å². The van der Waals surface area contributed by atoms with E-state index in [4.69, 9.17) is 0 Å². The van der Waals surface area contributed by atoms with Crippen molar-refractivity contribution in [3.8, 4) is 0 Å². The summed E-state index contributed by atoms with van der Waals surface area (Å²) in [6, 6.07) is 2.53. The van der Waals surface area contributed by atoms with E-state index in [1.54, 1.807) is 0 Å². The van der Waals surface area contributed by atoms with Crippen molar-refractivity contribution < 1.29 is 0 Å². The van der Waals surface area contributed by atoms with Gasteiger partial charge in [-0.25, -0.2) is 0 Å². The molecule has 0 radical (unpaired) electrons. The summed E-state index contributed by atoms with van der Waals surface area (Å²) in [4.78, 5) is 8.00. The number of nitrogens with zero attached hydrogens (tertiary/aromatic N) is 3. The molecule has 2 unspecified atom stereocenters. The fraction of sp³-hybridized carbons (Fsp3) is 1.00. The van der Waals surface area contributed by atoms with Crippen molar-refractivity contribution in [1.82, 2.24) is 14.7 Å². The largest absolute Gasteiger partial charge is 0.298 e. The normalized spacial score (nSPS) is 37.4. The molecule has 3 rings (SSSR count). The molecule has 0 saturated carbocycles. The van der Waals surface area contributed by atoms with Gasteiger partial charge in [-0.1, -0.05) is 0 Å². The van der Waals surface area contributed by atoms with Crippen molar-refractivity contribution in [2.45, 2.75) is 57.3 Å². The first-order chi connectivity index (χ1) is 7.95. The van der Waals surface area contributed by atoms with Gasteiger partial charge in [-0.2, -0.15) is 0 Å². The third kappa shape index (κ3) is 2.02. The Morgan fingerprint density at radius 2 is 1.35 bits per heavy atom. The summed E-state index contributed by atoms with van der Waals surface area (Å²) in [7, 11) is 2.32. The van der Waals surface area contributed by atoms with Crippen LogP contribution in [0.25, 0.3) is 0 Å². The smallest absolute Gasteiger partial charge is 0.0352 e. The van der Waals surface area contributed by atoms with Crippen LogP contribution in [0.4, 0.5) is 0 Å². The Kier molecular flexibility index (Phi) is 2.77. The van der Waals surface area contributed by atoms with E-state index < -0.39 is 0 Å². The molecule has 98 valence electrons. The van der Waals surface area contributed by atoms with Gasteiger partial charge in [-0.3, -0.25) is 14.7 Å². The highest BCUT2D eigenvalue weighted by atomic mass is 15.4. The number of rotatable bonds is 1. The molecule has 0 amide bonds. The maximum Gasteiger partial charge on any atom is 0.0352 e. The molecule has 0 aromatic heterocycles. The van der Waals surface area contributed by atoms with Gasteiger partial charge in [0.05, 0.1) is 0 Å². The molecule has 3 fully saturated rings. The highest BCUT2D eigenvalue weighted by Crippen LogP contribution is 2.32. The molecule has 3 aliphatic heterocycles. The van der Waals surface area contributed by atoms with Crippen molar-refractivity contribution in [1.29, 1.82) is 0 Å². The van der Waals surface area contributed by atoms with Gasteiger partial charge in [0.25, 0.3) is 0 Å². The van der Waals surface area contributed by atoms with Crippen LogP contribution in [0, 0.1) is 0 Å². The lowest BCUT2D eigenvalue weighted by atomic mass is 9.95. The Labute approximate surface area is 106 Å². The highest BCUT2D eigenvalue weighted by Gasteiger charge is 2.44. The minimum atomic E-state index is 0.363. The lowest BCUT2D eigenvalue weighted by Gasteiger charge is -2.54. The number of fused-ring (bicyclic) bond motifs is 2. The van der Waals surface area contributed by atoms with Gasteiger partial charge in [0.1, 0.15) is 0 Å². The van der Waals surface area contributed by atoms with Gasteiger partial charge < -0.3 is 0 Å². The van der Waals surface area contributed by atoms with Gasteiger partial charge in [-0.15, -0.1) is 0 Å². The zero-order valence-corrected chi connectivity index (χ0v) is 11.8. The molecule has 2 atom stereocenters. The van der Waals surface area contributed by atoms with Crippen LogP contribution in [-0.2, 0) is 0 Å². The molecule has 0 aromatic carbocycles. The van der Waals surface area contributed by atoms with Crippen molar-refractivity contribution in [2.24, 2.45) is 0 Å². The molecule has 3 saturated heterocycles. The first kappa shape index (κ1) is 11.9. The summed E-state index contributed by atoms with van der Waals surface area (Å²) in [6.45, 7) is 12.2. The third-order valence-electron chi connectivity index (χ3n) is 5.20.